The molecule has 1 saturated carbocycles. The average molecular weight is 370 g/mol. The maximum Gasteiger partial charge on any atom is 0.317 e. The van der Waals surface area contributed by atoms with Gasteiger partial charge in [-0.2, -0.15) is 11.8 Å². The summed E-state index contributed by atoms with van der Waals surface area (Å²) >= 11 is 2.02. The van der Waals surface area contributed by atoms with Crippen LogP contribution in [0.5, 0.6) is 0 Å². The molecule has 2 saturated heterocycles. The molecule has 3 aliphatic rings. The minimum absolute atomic E-state index is 0.0812. The fourth-order valence-corrected chi connectivity index (χ4v) is 5.47. The van der Waals surface area contributed by atoms with Crippen molar-refractivity contribution in [1.82, 2.24) is 15.1 Å². The normalized spacial score (nSPS) is 27.7. The molecular formula is C18H31N3O3S. The predicted octanol–water partition coefficient (Wildman–Crippen LogP) is 2.24. The van der Waals surface area contributed by atoms with Gasteiger partial charge in [-0.25, -0.2) is 4.79 Å². The van der Waals surface area contributed by atoms with Crippen molar-refractivity contribution >= 4 is 23.8 Å². The first kappa shape index (κ1) is 18.8. The highest BCUT2D eigenvalue weighted by Gasteiger charge is 2.39. The highest BCUT2D eigenvalue weighted by atomic mass is 32.2. The van der Waals surface area contributed by atoms with Gasteiger partial charge in [0, 0.05) is 49.8 Å². The Morgan fingerprint density at radius 2 is 1.80 bits per heavy atom. The molecule has 0 spiro atoms. The van der Waals surface area contributed by atoms with Crippen molar-refractivity contribution in [2.24, 2.45) is 5.92 Å². The molecule has 0 aromatic carbocycles. The fraction of sp³-hybridized carbons (Fsp3) is 0.889. The van der Waals surface area contributed by atoms with Gasteiger partial charge in [-0.15, -0.1) is 0 Å². The number of nitrogens with zero attached hydrogens (tertiary/aromatic N) is 2. The van der Waals surface area contributed by atoms with E-state index < -0.39 is 11.9 Å². The Morgan fingerprint density at radius 3 is 2.48 bits per heavy atom. The van der Waals surface area contributed by atoms with E-state index in [9.17, 15) is 14.7 Å². The van der Waals surface area contributed by atoms with Crippen molar-refractivity contribution in [3.63, 3.8) is 0 Å². The van der Waals surface area contributed by atoms with Gasteiger partial charge in [0.1, 0.15) is 0 Å². The van der Waals surface area contributed by atoms with Crippen molar-refractivity contribution in [2.75, 3.05) is 44.2 Å². The molecule has 2 aliphatic heterocycles. The van der Waals surface area contributed by atoms with Crippen LogP contribution >= 0.6 is 11.8 Å². The van der Waals surface area contributed by atoms with Crippen LogP contribution in [0.25, 0.3) is 0 Å². The van der Waals surface area contributed by atoms with Gasteiger partial charge in [0.05, 0.1) is 5.92 Å². The van der Waals surface area contributed by atoms with Crippen molar-refractivity contribution in [3.8, 4) is 0 Å². The molecule has 25 heavy (non-hydrogen) atoms. The maximum atomic E-state index is 12.6. The Labute approximate surface area is 154 Å². The first-order valence-electron chi connectivity index (χ1n) is 9.69. The van der Waals surface area contributed by atoms with Crippen LogP contribution < -0.4 is 5.32 Å². The number of nitrogens with one attached hydrogen (secondary N) is 1. The number of aliphatic carboxylic acids is 1. The number of rotatable bonds is 4. The molecule has 2 N–H and O–H groups in total. The number of thioether (sulfide) groups is 1. The van der Waals surface area contributed by atoms with Gasteiger partial charge in [0.15, 0.2) is 0 Å². The number of carboxylic acids is 1. The largest absolute Gasteiger partial charge is 0.481 e. The number of hydrogen-bond acceptors (Lipinski definition) is 4. The first-order valence-corrected chi connectivity index (χ1v) is 10.8. The van der Waals surface area contributed by atoms with Gasteiger partial charge in [-0.05, 0) is 25.7 Å². The highest BCUT2D eigenvalue weighted by molar-refractivity contribution is 7.99. The molecule has 2 amide bonds. The van der Waals surface area contributed by atoms with E-state index in [0.29, 0.717) is 26.1 Å². The highest BCUT2D eigenvalue weighted by Crippen LogP contribution is 2.35. The molecule has 3 fully saturated rings. The Morgan fingerprint density at radius 1 is 1.08 bits per heavy atom. The van der Waals surface area contributed by atoms with Crippen molar-refractivity contribution in [1.29, 1.82) is 0 Å². The molecule has 0 radical (unpaired) electrons. The maximum absolute atomic E-state index is 12.6. The predicted molar refractivity (Wildman–Crippen MR) is 100 cm³/mol. The minimum atomic E-state index is -0.785. The number of amides is 2. The third-order valence-electron chi connectivity index (χ3n) is 6.09. The van der Waals surface area contributed by atoms with E-state index in [1.165, 1.54) is 30.8 Å². The Bertz CT molecular complexity index is 476. The zero-order valence-electron chi connectivity index (χ0n) is 15.0. The van der Waals surface area contributed by atoms with Gasteiger partial charge in [0.25, 0.3) is 0 Å². The summed E-state index contributed by atoms with van der Waals surface area (Å²) in [5.41, 5.74) is 0.108. The van der Waals surface area contributed by atoms with Gasteiger partial charge in [-0.1, -0.05) is 19.3 Å². The van der Waals surface area contributed by atoms with E-state index in [1.807, 2.05) is 11.8 Å². The summed E-state index contributed by atoms with van der Waals surface area (Å²) in [5.74, 6) is 1.17. The number of piperidine rings is 1. The molecule has 1 unspecified atom stereocenters. The van der Waals surface area contributed by atoms with Gasteiger partial charge in [0.2, 0.25) is 0 Å². The van der Waals surface area contributed by atoms with Crippen LogP contribution in [0.15, 0.2) is 0 Å². The molecule has 2 heterocycles. The second kappa shape index (κ2) is 8.62. The van der Waals surface area contributed by atoms with Crippen LogP contribution in [-0.4, -0.2) is 76.7 Å². The monoisotopic (exact) mass is 369 g/mol. The number of urea groups is 1. The minimum Gasteiger partial charge on any atom is -0.481 e. The Hall–Kier alpha value is -0.950. The quantitative estimate of drug-likeness (QED) is 0.795. The number of carbonyl (C=O) groups is 2. The summed E-state index contributed by atoms with van der Waals surface area (Å²) in [7, 11) is 0. The topological polar surface area (TPSA) is 72.9 Å². The van der Waals surface area contributed by atoms with E-state index in [4.69, 9.17) is 0 Å². The third-order valence-corrected chi connectivity index (χ3v) is 7.04. The molecule has 1 atom stereocenters. The molecule has 7 heteroatoms. The van der Waals surface area contributed by atoms with Gasteiger partial charge in [-0.3, -0.25) is 9.69 Å². The fourth-order valence-electron chi connectivity index (χ4n) is 4.57. The van der Waals surface area contributed by atoms with Crippen LogP contribution in [0.2, 0.25) is 0 Å². The summed E-state index contributed by atoms with van der Waals surface area (Å²) in [6.45, 7) is 3.94. The number of hydrogen-bond donors (Lipinski definition) is 2. The third kappa shape index (κ3) is 4.61. The van der Waals surface area contributed by atoms with Crippen LogP contribution in [-0.2, 0) is 4.79 Å². The van der Waals surface area contributed by atoms with E-state index in [0.717, 1.165) is 32.4 Å². The molecule has 142 valence electrons. The summed E-state index contributed by atoms with van der Waals surface area (Å²) in [6, 6.07) is -0.0812. The van der Waals surface area contributed by atoms with E-state index >= 15 is 0 Å². The lowest BCUT2D eigenvalue weighted by molar-refractivity contribution is -0.143. The number of carbonyl (C=O) groups excluding carboxylic acids is 1. The van der Waals surface area contributed by atoms with Crippen LogP contribution in [0.4, 0.5) is 4.79 Å². The van der Waals surface area contributed by atoms with E-state index in [-0.39, 0.29) is 11.6 Å². The molecule has 6 nitrogen and oxygen atoms in total. The van der Waals surface area contributed by atoms with Gasteiger partial charge >= 0.3 is 12.0 Å². The molecule has 1 aliphatic carbocycles. The van der Waals surface area contributed by atoms with Crippen LogP contribution in [0.1, 0.15) is 44.9 Å². The Balaban J connectivity index is 1.58. The molecule has 3 rings (SSSR count). The second-order valence-corrected chi connectivity index (χ2v) is 8.89. The van der Waals surface area contributed by atoms with E-state index in [2.05, 4.69) is 10.2 Å². The molecule has 0 aromatic rings. The average Bonchev–Trinajstić information content (AvgIpc) is 2.67. The standard InChI is InChI=1S/C18H31N3O3S/c22-16(23)15-5-4-8-20(13-15)17(24)19-14-18(6-2-1-3-7-18)21-9-11-25-12-10-21/h15H,1-14H2,(H,19,24)(H,22,23). The zero-order chi connectivity index (χ0) is 17.7. The van der Waals surface area contributed by atoms with E-state index in [1.54, 1.807) is 4.90 Å². The van der Waals surface area contributed by atoms with Crippen molar-refractivity contribution in [3.05, 3.63) is 0 Å². The lowest BCUT2D eigenvalue weighted by Gasteiger charge is -2.48. The summed E-state index contributed by atoms with van der Waals surface area (Å²) in [5, 5.41) is 12.4. The van der Waals surface area contributed by atoms with Crippen LogP contribution in [0, 0.1) is 5.92 Å². The van der Waals surface area contributed by atoms with Crippen molar-refractivity contribution < 1.29 is 14.7 Å². The lowest BCUT2D eigenvalue weighted by Crippen LogP contribution is -2.60. The SMILES string of the molecule is O=C(O)C1CCCN(C(=O)NCC2(N3CCSCC3)CCCCC2)C1. The van der Waals surface area contributed by atoms with Gasteiger partial charge < -0.3 is 15.3 Å². The summed E-state index contributed by atoms with van der Waals surface area (Å²) in [4.78, 5) is 28.2. The molecular weight excluding hydrogens is 338 g/mol. The number of likely N-dealkylation sites (tertiary alicyclic amines) is 1. The van der Waals surface area contributed by atoms with Crippen LogP contribution in [0.3, 0.4) is 0 Å². The summed E-state index contributed by atoms with van der Waals surface area (Å²) < 4.78 is 0. The zero-order valence-corrected chi connectivity index (χ0v) is 15.9. The molecule has 0 bridgehead atoms. The second-order valence-electron chi connectivity index (χ2n) is 7.67. The molecule has 0 aromatic heterocycles. The lowest BCUT2D eigenvalue weighted by atomic mass is 9.80. The number of carboxylic acid groups (broad SMARTS) is 1. The smallest absolute Gasteiger partial charge is 0.317 e. The Kier molecular flexibility index (Phi) is 6.49. The first-order chi connectivity index (χ1) is 12.1. The van der Waals surface area contributed by atoms with Crippen molar-refractivity contribution in [2.45, 2.75) is 50.5 Å². The summed E-state index contributed by atoms with van der Waals surface area (Å²) in [6.07, 6.45) is 7.55.